The lowest BCUT2D eigenvalue weighted by Crippen LogP contribution is -2.13. The number of non-ortho nitro benzene ring substituents is 1. The standard InChI is InChI=1S/C22H16N2O5S2/c25-22-19-12-5-4-11-18(19)20(14-21(22)30-16-8-2-1-3-9-16)23-31(28,29)17-10-6-7-15(13-17)24(26)27/h1-14,23,25H. The van der Waals surface area contributed by atoms with Gasteiger partial charge >= 0.3 is 0 Å². The summed E-state index contributed by atoms with van der Waals surface area (Å²) >= 11 is 1.30. The van der Waals surface area contributed by atoms with Crippen molar-refractivity contribution in [2.45, 2.75) is 14.7 Å². The number of anilines is 1. The Labute approximate surface area is 182 Å². The summed E-state index contributed by atoms with van der Waals surface area (Å²) in [5, 5.41) is 22.8. The van der Waals surface area contributed by atoms with E-state index in [9.17, 15) is 23.6 Å². The molecule has 0 heterocycles. The minimum Gasteiger partial charge on any atom is -0.506 e. The van der Waals surface area contributed by atoms with Crippen molar-refractivity contribution >= 4 is 43.9 Å². The second kappa shape index (κ2) is 8.29. The third kappa shape index (κ3) is 4.32. The molecule has 0 atom stereocenters. The zero-order valence-corrected chi connectivity index (χ0v) is 17.6. The van der Waals surface area contributed by atoms with Gasteiger partial charge in [0, 0.05) is 27.8 Å². The number of phenols is 1. The normalized spacial score (nSPS) is 11.4. The number of hydrogen-bond donors (Lipinski definition) is 2. The number of sulfonamides is 1. The lowest BCUT2D eigenvalue weighted by molar-refractivity contribution is -0.385. The second-order valence-corrected chi connectivity index (χ2v) is 9.39. The fraction of sp³-hybridized carbons (Fsp3) is 0. The first-order valence-corrected chi connectivity index (χ1v) is 11.4. The SMILES string of the molecule is O=[N+]([O-])c1cccc(S(=O)(=O)Nc2cc(Sc3ccccc3)c(O)c3ccccc23)c1. The second-order valence-electron chi connectivity index (χ2n) is 6.59. The molecule has 2 N–H and O–H groups in total. The highest BCUT2D eigenvalue weighted by Gasteiger charge is 2.21. The molecule has 4 aromatic rings. The van der Waals surface area contributed by atoms with Crippen molar-refractivity contribution in [2.75, 3.05) is 4.72 Å². The van der Waals surface area contributed by atoms with Crippen LogP contribution in [0.5, 0.6) is 5.75 Å². The van der Waals surface area contributed by atoms with Crippen LogP contribution in [0, 0.1) is 10.1 Å². The molecule has 0 saturated heterocycles. The average molecular weight is 453 g/mol. The molecule has 0 saturated carbocycles. The maximum Gasteiger partial charge on any atom is 0.270 e. The van der Waals surface area contributed by atoms with E-state index in [0.29, 0.717) is 15.7 Å². The number of hydrogen-bond acceptors (Lipinski definition) is 6. The third-order valence-electron chi connectivity index (χ3n) is 4.54. The topological polar surface area (TPSA) is 110 Å². The summed E-state index contributed by atoms with van der Waals surface area (Å²) in [4.78, 5) is 11.5. The van der Waals surface area contributed by atoms with Crippen LogP contribution in [-0.4, -0.2) is 18.4 Å². The van der Waals surface area contributed by atoms with E-state index in [2.05, 4.69) is 4.72 Å². The molecule has 0 aromatic heterocycles. The predicted molar refractivity (Wildman–Crippen MR) is 120 cm³/mol. The highest BCUT2D eigenvalue weighted by atomic mass is 32.2. The first kappa shape index (κ1) is 20.7. The van der Waals surface area contributed by atoms with Crippen LogP contribution in [0.3, 0.4) is 0 Å². The van der Waals surface area contributed by atoms with Gasteiger partial charge in [0.05, 0.1) is 20.4 Å². The molecule has 0 radical (unpaired) electrons. The maximum atomic E-state index is 13.0. The summed E-state index contributed by atoms with van der Waals surface area (Å²) in [6, 6.07) is 22.6. The molecule has 0 bridgehead atoms. The van der Waals surface area contributed by atoms with Gasteiger partial charge in [-0.25, -0.2) is 8.42 Å². The summed E-state index contributed by atoms with van der Waals surface area (Å²) < 4.78 is 28.5. The minimum atomic E-state index is -4.11. The Balaban J connectivity index is 1.80. The Morgan fingerprint density at radius 1 is 0.871 bits per heavy atom. The number of nitrogens with one attached hydrogen (secondary N) is 1. The highest BCUT2D eigenvalue weighted by molar-refractivity contribution is 7.99. The van der Waals surface area contributed by atoms with E-state index in [0.717, 1.165) is 11.0 Å². The molecule has 7 nitrogen and oxygen atoms in total. The first-order valence-electron chi connectivity index (χ1n) is 9.10. The van der Waals surface area contributed by atoms with Gasteiger partial charge in [-0.1, -0.05) is 60.3 Å². The average Bonchev–Trinajstić information content (AvgIpc) is 2.77. The first-order chi connectivity index (χ1) is 14.8. The van der Waals surface area contributed by atoms with Gasteiger partial charge in [-0.3, -0.25) is 14.8 Å². The molecule has 0 amide bonds. The van der Waals surface area contributed by atoms with Gasteiger partial charge in [-0.05, 0) is 24.3 Å². The van der Waals surface area contributed by atoms with Crippen molar-refractivity contribution in [1.29, 1.82) is 0 Å². The zero-order chi connectivity index (χ0) is 22.0. The lowest BCUT2D eigenvalue weighted by atomic mass is 10.1. The van der Waals surface area contributed by atoms with Crippen LogP contribution < -0.4 is 4.72 Å². The molecule has 4 aromatic carbocycles. The van der Waals surface area contributed by atoms with E-state index in [1.807, 2.05) is 30.3 Å². The van der Waals surface area contributed by atoms with Crippen LogP contribution in [0.15, 0.2) is 99.6 Å². The van der Waals surface area contributed by atoms with Crippen molar-refractivity contribution in [1.82, 2.24) is 0 Å². The highest BCUT2D eigenvalue weighted by Crippen LogP contribution is 2.43. The fourth-order valence-corrected chi connectivity index (χ4v) is 5.12. The third-order valence-corrected chi connectivity index (χ3v) is 6.94. The van der Waals surface area contributed by atoms with Crippen molar-refractivity contribution in [3.63, 3.8) is 0 Å². The van der Waals surface area contributed by atoms with E-state index in [1.54, 1.807) is 30.3 Å². The Hall–Kier alpha value is -3.56. The summed E-state index contributed by atoms with van der Waals surface area (Å²) in [5.74, 6) is 0.0442. The summed E-state index contributed by atoms with van der Waals surface area (Å²) in [6.45, 7) is 0. The molecule has 156 valence electrons. The molecule has 9 heteroatoms. The van der Waals surface area contributed by atoms with Crippen molar-refractivity contribution in [3.05, 3.63) is 95.0 Å². The van der Waals surface area contributed by atoms with Crippen LogP contribution in [0.25, 0.3) is 10.8 Å². The number of phenolic OH excluding ortho intramolecular Hbond substituents is 1. The summed E-state index contributed by atoms with van der Waals surface area (Å²) in [6.07, 6.45) is 0. The largest absolute Gasteiger partial charge is 0.506 e. The maximum absolute atomic E-state index is 13.0. The van der Waals surface area contributed by atoms with Gasteiger partial charge in [0.1, 0.15) is 5.75 Å². The van der Waals surface area contributed by atoms with Crippen molar-refractivity contribution < 1.29 is 18.4 Å². The molecule has 4 rings (SSSR count). The van der Waals surface area contributed by atoms with Gasteiger partial charge in [0.15, 0.2) is 0 Å². The number of rotatable bonds is 6. The van der Waals surface area contributed by atoms with E-state index in [-0.39, 0.29) is 22.0 Å². The van der Waals surface area contributed by atoms with E-state index < -0.39 is 14.9 Å². The number of aromatic hydroxyl groups is 1. The number of nitro groups is 1. The predicted octanol–water partition coefficient (Wildman–Crippen LogP) is 5.41. The summed E-state index contributed by atoms with van der Waals surface area (Å²) in [5.41, 5.74) is -0.0582. The number of nitrogens with zero attached hydrogens (tertiary/aromatic N) is 1. The Bertz CT molecular complexity index is 1390. The van der Waals surface area contributed by atoms with E-state index in [4.69, 9.17) is 0 Å². The monoisotopic (exact) mass is 452 g/mol. The number of fused-ring (bicyclic) bond motifs is 1. The Morgan fingerprint density at radius 2 is 1.55 bits per heavy atom. The smallest absolute Gasteiger partial charge is 0.270 e. The Kier molecular flexibility index (Phi) is 5.53. The Morgan fingerprint density at radius 3 is 2.26 bits per heavy atom. The molecule has 0 spiro atoms. The molecule has 0 aliphatic rings. The quantitative estimate of drug-likeness (QED) is 0.230. The molecule has 0 aliphatic heterocycles. The van der Waals surface area contributed by atoms with Crippen LogP contribution >= 0.6 is 11.8 Å². The molecule has 0 unspecified atom stereocenters. The van der Waals surface area contributed by atoms with Crippen molar-refractivity contribution in [3.8, 4) is 5.75 Å². The number of benzene rings is 4. The summed E-state index contributed by atoms with van der Waals surface area (Å²) in [7, 11) is -4.11. The van der Waals surface area contributed by atoms with Gasteiger partial charge < -0.3 is 5.11 Å². The van der Waals surface area contributed by atoms with Gasteiger partial charge in [-0.15, -0.1) is 0 Å². The number of nitro benzene ring substituents is 1. The van der Waals surface area contributed by atoms with Crippen LogP contribution in [0.4, 0.5) is 11.4 Å². The molecule has 0 fully saturated rings. The van der Waals surface area contributed by atoms with Crippen LogP contribution in [-0.2, 0) is 10.0 Å². The van der Waals surface area contributed by atoms with E-state index in [1.165, 1.54) is 30.0 Å². The molecule has 0 aliphatic carbocycles. The van der Waals surface area contributed by atoms with Gasteiger partial charge in [-0.2, -0.15) is 0 Å². The molecular formula is C22H16N2O5S2. The molecule has 31 heavy (non-hydrogen) atoms. The van der Waals surface area contributed by atoms with Gasteiger partial charge in [0.2, 0.25) is 0 Å². The lowest BCUT2D eigenvalue weighted by Gasteiger charge is -2.15. The van der Waals surface area contributed by atoms with Crippen LogP contribution in [0.1, 0.15) is 0 Å². The minimum absolute atomic E-state index is 0.0442. The fourth-order valence-electron chi connectivity index (χ4n) is 3.08. The molecular weight excluding hydrogens is 436 g/mol. The zero-order valence-electron chi connectivity index (χ0n) is 15.9. The van der Waals surface area contributed by atoms with E-state index >= 15 is 0 Å². The van der Waals surface area contributed by atoms with Crippen LogP contribution in [0.2, 0.25) is 0 Å². The van der Waals surface area contributed by atoms with Gasteiger partial charge in [0.25, 0.3) is 15.7 Å². The van der Waals surface area contributed by atoms with Crippen molar-refractivity contribution in [2.24, 2.45) is 0 Å².